The van der Waals surface area contributed by atoms with Gasteiger partial charge >= 0.3 is 5.63 Å². The summed E-state index contributed by atoms with van der Waals surface area (Å²) in [4.78, 5) is 25.7. The van der Waals surface area contributed by atoms with Crippen LogP contribution < -0.4 is 19.8 Å². The van der Waals surface area contributed by atoms with E-state index >= 15 is 0 Å². The van der Waals surface area contributed by atoms with Gasteiger partial charge in [0.25, 0.3) is 0 Å². The Morgan fingerprint density at radius 3 is 2.48 bits per heavy atom. The van der Waals surface area contributed by atoms with E-state index in [4.69, 9.17) is 18.6 Å². The van der Waals surface area contributed by atoms with Crippen LogP contribution in [0.2, 0.25) is 0 Å². The summed E-state index contributed by atoms with van der Waals surface area (Å²) < 4.78 is 21.3. The highest BCUT2D eigenvalue weighted by molar-refractivity contribution is 5.91. The first-order valence-electron chi connectivity index (χ1n) is 9.46. The van der Waals surface area contributed by atoms with Crippen LogP contribution in [0.5, 0.6) is 17.2 Å². The van der Waals surface area contributed by atoms with E-state index in [1.807, 2.05) is 12.1 Å². The summed E-state index contributed by atoms with van der Waals surface area (Å²) in [6.45, 7) is 2.90. The SMILES string of the molecule is COc1ccc(/C=C/C(=O)N2CCC(Oc3cc(C)oc(=O)c3)CC2)cc1OC. The van der Waals surface area contributed by atoms with Crippen molar-refractivity contribution in [3.8, 4) is 17.2 Å². The molecule has 1 aromatic heterocycles. The Morgan fingerprint density at radius 1 is 1.10 bits per heavy atom. The standard InChI is InChI=1S/C22H25NO6/c1-15-12-18(14-22(25)28-15)29-17-8-10-23(11-9-17)21(24)7-5-16-4-6-19(26-2)20(13-16)27-3/h4-7,12-14,17H,8-11H2,1-3H3/b7-5+. The molecule has 3 rings (SSSR count). The normalized spacial score (nSPS) is 14.8. The van der Waals surface area contributed by atoms with E-state index in [0.29, 0.717) is 48.9 Å². The molecule has 1 saturated heterocycles. The molecule has 1 aliphatic rings. The number of hydrogen-bond donors (Lipinski definition) is 0. The van der Waals surface area contributed by atoms with Gasteiger partial charge in [0, 0.05) is 38.1 Å². The van der Waals surface area contributed by atoms with Gasteiger partial charge in [0.15, 0.2) is 11.5 Å². The van der Waals surface area contributed by atoms with Crippen molar-refractivity contribution in [3.05, 3.63) is 58.2 Å². The lowest BCUT2D eigenvalue weighted by molar-refractivity contribution is -0.127. The Morgan fingerprint density at radius 2 is 1.83 bits per heavy atom. The van der Waals surface area contributed by atoms with Crippen LogP contribution >= 0.6 is 0 Å². The molecule has 0 radical (unpaired) electrons. The summed E-state index contributed by atoms with van der Waals surface area (Å²) >= 11 is 0. The molecular formula is C22H25NO6. The fraction of sp³-hybridized carbons (Fsp3) is 0.364. The number of carbonyl (C=O) groups is 1. The van der Waals surface area contributed by atoms with Gasteiger partial charge in [0.05, 0.1) is 20.3 Å². The molecule has 7 heteroatoms. The van der Waals surface area contributed by atoms with Crippen LogP contribution in [0.4, 0.5) is 0 Å². The number of piperidine rings is 1. The van der Waals surface area contributed by atoms with Crippen molar-refractivity contribution < 1.29 is 23.4 Å². The Balaban J connectivity index is 1.54. The highest BCUT2D eigenvalue weighted by Crippen LogP contribution is 2.28. The van der Waals surface area contributed by atoms with Gasteiger partial charge in [-0.3, -0.25) is 4.79 Å². The zero-order valence-electron chi connectivity index (χ0n) is 16.8. The highest BCUT2D eigenvalue weighted by atomic mass is 16.5. The predicted octanol–water partition coefficient (Wildman–Crippen LogP) is 3.05. The zero-order valence-corrected chi connectivity index (χ0v) is 16.8. The van der Waals surface area contributed by atoms with Crippen LogP contribution in [-0.4, -0.2) is 44.2 Å². The van der Waals surface area contributed by atoms with E-state index in [1.54, 1.807) is 50.3 Å². The minimum atomic E-state index is -0.423. The van der Waals surface area contributed by atoms with E-state index < -0.39 is 5.63 Å². The van der Waals surface area contributed by atoms with Crippen LogP contribution in [0.3, 0.4) is 0 Å². The lowest BCUT2D eigenvalue weighted by Crippen LogP contribution is -2.41. The summed E-state index contributed by atoms with van der Waals surface area (Å²) in [6, 6.07) is 8.53. The minimum absolute atomic E-state index is 0.0323. The van der Waals surface area contributed by atoms with Crippen molar-refractivity contribution >= 4 is 12.0 Å². The van der Waals surface area contributed by atoms with E-state index in [1.165, 1.54) is 6.07 Å². The number of ether oxygens (including phenoxy) is 3. The lowest BCUT2D eigenvalue weighted by atomic mass is 10.1. The van der Waals surface area contributed by atoms with Crippen molar-refractivity contribution in [1.82, 2.24) is 4.90 Å². The van der Waals surface area contributed by atoms with E-state index in [-0.39, 0.29) is 12.0 Å². The van der Waals surface area contributed by atoms with Crippen molar-refractivity contribution in [2.45, 2.75) is 25.9 Å². The van der Waals surface area contributed by atoms with E-state index in [2.05, 4.69) is 0 Å². The molecule has 0 N–H and O–H groups in total. The highest BCUT2D eigenvalue weighted by Gasteiger charge is 2.23. The van der Waals surface area contributed by atoms with Gasteiger partial charge in [-0.15, -0.1) is 0 Å². The molecule has 154 valence electrons. The number of rotatable bonds is 6. The minimum Gasteiger partial charge on any atom is -0.493 e. The van der Waals surface area contributed by atoms with Crippen molar-refractivity contribution in [1.29, 1.82) is 0 Å². The van der Waals surface area contributed by atoms with Gasteiger partial charge in [-0.05, 0) is 30.7 Å². The number of hydrogen-bond acceptors (Lipinski definition) is 6. The first-order chi connectivity index (χ1) is 14.0. The van der Waals surface area contributed by atoms with Gasteiger partial charge in [-0.1, -0.05) is 6.07 Å². The number of methoxy groups -OCH3 is 2. The maximum atomic E-state index is 12.5. The number of nitrogens with zero attached hydrogens (tertiary/aromatic N) is 1. The van der Waals surface area contributed by atoms with Crippen LogP contribution in [0.15, 0.2) is 45.6 Å². The predicted molar refractivity (Wildman–Crippen MR) is 109 cm³/mol. The lowest BCUT2D eigenvalue weighted by Gasteiger charge is -2.31. The van der Waals surface area contributed by atoms with Crippen molar-refractivity contribution in [2.24, 2.45) is 0 Å². The first-order valence-corrected chi connectivity index (χ1v) is 9.46. The average Bonchev–Trinajstić information content (AvgIpc) is 2.71. The van der Waals surface area contributed by atoms with E-state index in [9.17, 15) is 9.59 Å². The molecule has 0 saturated carbocycles. The second kappa shape index (κ2) is 9.32. The fourth-order valence-electron chi connectivity index (χ4n) is 3.26. The summed E-state index contributed by atoms with van der Waals surface area (Å²) in [7, 11) is 3.16. The van der Waals surface area contributed by atoms with Gasteiger partial charge in [-0.25, -0.2) is 4.79 Å². The third-order valence-electron chi connectivity index (χ3n) is 4.75. The second-order valence-electron chi connectivity index (χ2n) is 6.81. The number of benzene rings is 1. The largest absolute Gasteiger partial charge is 0.493 e. The number of carbonyl (C=O) groups excluding carboxylic acids is 1. The van der Waals surface area contributed by atoms with Crippen molar-refractivity contribution in [3.63, 3.8) is 0 Å². The molecule has 0 unspecified atom stereocenters. The van der Waals surface area contributed by atoms with Crippen molar-refractivity contribution in [2.75, 3.05) is 27.3 Å². The monoisotopic (exact) mass is 399 g/mol. The van der Waals surface area contributed by atoms with Gasteiger partial charge < -0.3 is 23.5 Å². The summed E-state index contributed by atoms with van der Waals surface area (Å²) in [5.41, 5.74) is 0.431. The molecular weight excluding hydrogens is 374 g/mol. The van der Waals surface area contributed by atoms with Crippen LogP contribution in [0, 0.1) is 6.92 Å². The smallest absolute Gasteiger partial charge is 0.339 e. The Labute approximate surface area is 169 Å². The Kier molecular flexibility index (Phi) is 6.59. The topological polar surface area (TPSA) is 78.2 Å². The second-order valence-corrected chi connectivity index (χ2v) is 6.81. The molecule has 1 fully saturated rings. The third kappa shape index (κ3) is 5.40. The van der Waals surface area contributed by atoms with E-state index in [0.717, 1.165) is 5.56 Å². The molecule has 1 aromatic carbocycles. The quantitative estimate of drug-likeness (QED) is 0.695. The first kappa shape index (κ1) is 20.5. The van der Waals surface area contributed by atoms with Gasteiger partial charge in [-0.2, -0.15) is 0 Å². The van der Waals surface area contributed by atoms with Gasteiger partial charge in [0.2, 0.25) is 5.91 Å². The zero-order chi connectivity index (χ0) is 20.8. The fourth-order valence-corrected chi connectivity index (χ4v) is 3.26. The Bertz CT molecular complexity index is 941. The molecule has 7 nitrogen and oxygen atoms in total. The van der Waals surface area contributed by atoms with Crippen LogP contribution in [-0.2, 0) is 4.79 Å². The summed E-state index contributed by atoms with van der Waals surface area (Å²) in [6.07, 6.45) is 4.70. The molecule has 2 aromatic rings. The van der Waals surface area contributed by atoms with Crippen LogP contribution in [0.25, 0.3) is 6.08 Å². The van der Waals surface area contributed by atoms with Gasteiger partial charge in [0.1, 0.15) is 17.6 Å². The van der Waals surface area contributed by atoms with Crippen LogP contribution in [0.1, 0.15) is 24.2 Å². The molecule has 1 amide bonds. The summed E-state index contributed by atoms with van der Waals surface area (Å²) in [5.74, 6) is 2.24. The molecule has 0 bridgehead atoms. The maximum Gasteiger partial charge on any atom is 0.339 e. The number of aryl methyl sites for hydroxylation is 1. The molecule has 0 spiro atoms. The third-order valence-corrected chi connectivity index (χ3v) is 4.75. The maximum absolute atomic E-state index is 12.5. The Hall–Kier alpha value is -3.22. The molecule has 1 aliphatic heterocycles. The average molecular weight is 399 g/mol. The summed E-state index contributed by atoms with van der Waals surface area (Å²) in [5, 5.41) is 0. The molecule has 0 atom stereocenters. The molecule has 0 aliphatic carbocycles. The number of likely N-dealkylation sites (tertiary alicyclic amines) is 1. The molecule has 2 heterocycles. The molecule has 29 heavy (non-hydrogen) atoms. The number of amides is 1.